The molecule has 6 heteroatoms. The lowest BCUT2D eigenvalue weighted by atomic mass is 9.80. The molecule has 106 valence electrons. The van der Waals surface area contributed by atoms with E-state index in [2.05, 4.69) is 17.2 Å². The fraction of sp³-hybridized carbons (Fsp3) is 0.692. The van der Waals surface area contributed by atoms with Crippen molar-refractivity contribution < 1.29 is 4.79 Å². The van der Waals surface area contributed by atoms with Crippen LogP contribution in [0.1, 0.15) is 39.0 Å². The maximum Gasteiger partial charge on any atom is 0.237 e. The first-order valence-electron chi connectivity index (χ1n) is 6.77. The van der Waals surface area contributed by atoms with Gasteiger partial charge in [-0.15, -0.1) is 11.3 Å². The van der Waals surface area contributed by atoms with E-state index >= 15 is 0 Å². The molecule has 0 aliphatic heterocycles. The number of rotatable bonds is 6. The summed E-state index contributed by atoms with van der Waals surface area (Å²) < 4.78 is 1.08. The Bertz CT molecular complexity index is 410. The van der Waals surface area contributed by atoms with Gasteiger partial charge in [-0.1, -0.05) is 18.7 Å². The van der Waals surface area contributed by atoms with E-state index in [4.69, 9.17) is 5.73 Å². The highest BCUT2D eigenvalue weighted by molar-refractivity contribution is 8.01. The molecule has 1 heterocycles. The molecular weight excluding hydrogens is 278 g/mol. The van der Waals surface area contributed by atoms with Crippen molar-refractivity contribution in [2.75, 3.05) is 6.54 Å². The van der Waals surface area contributed by atoms with Crippen LogP contribution in [0.5, 0.6) is 0 Å². The quantitative estimate of drug-likeness (QED) is 0.846. The maximum absolute atomic E-state index is 11.9. The van der Waals surface area contributed by atoms with Gasteiger partial charge in [-0.05, 0) is 38.6 Å². The summed E-state index contributed by atoms with van der Waals surface area (Å²) >= 11 is 3.44. The van der Waals surface area contributed by atoms with Crippen LogP contribution in [0.2, 0.25) is 0 Å². The minimum Gasteiger partial charge on any atom is -0.368 e. The number of aromatic nitrogens is 1. The lowest BCUT2D eigenvalue weighted by molar-refractivity contribution is -0.125. The van der Waals surface area contributed by atoms with E-state index in [0.29, 0.717) is 5.25 Å². The molecule has 1 aliphatic rings. The number of nitrogens with zero attached hydrogens (tertiary/aromatic N) is 1. The normalized spacial score (nSPS) is 27.3. The molecule has 2 atom stereocenters. The standard InChI is InChI=1S/C13H21N3OS2/c1-2-6-16-13(11(14)17)5-3-4-10(9-13)19-12-15-7-8-18-12/h7-8,10,16H,2-6,9H2,1H3,(H2,14,17). The van der Waals surface area contributed by atoms with Crippen LogP contribution in [0.15, 0.2) is 15.9 Å². The molecule has 1 saturated carbocycles. The largest absolute Gasteiger partial charge is 0.368 e. The Labute approximate surface area is 122 Å². The zero-order chi connectivity index (χ0) is 13.7. The Hall–Kier alpha value is -0.590. The number of hydrogen-bond donors (Lipinski definition) is 2. The molecule has 1 aromatic rings. The third-order valence-corrected chi connectivity index (χ3v) is 5.75. The predicted molar refractivity (Wildman–Crippen MR) is 80.4 cm³/mol. The van der Waals surface area contributed by atoms with Crippen molar-refractivity contribution in [3.05, 3.63) is 11.6 Å². The van der Waals surface area contributed by atoms with Gasteiger partial charge in [0.25, 0.3) is 0 Å². The number of thiazole rings is 1. The Morgan fingerprint density at radius 3 is 3.21 bits per heavy atom. The molecule has 2 rings (SSSR count). The highest BCUT2D eigenvalue weighted by Crippen LogP contribution is 2.38. The maximum atomic E-state index is 11.9. The van der Waals surface area contributed by atoms with Gasteiger partial charge in [-0.3, -0.25) is 4.79 Å². The van der Waals surface area contributed by atoms with E-state index in [1.165, 1.54) is 0 Å². The molecule has 0 bridgehead atoms. The second kappa shape index (κ2) is 6.72. The monoisotopic (exact) mass is 299 g/mol. The number of thioether (sulfide) groups is 1. The predicted octanol–water partition coefficient (Wildman–Crippen LogP) is 2.40. The zero-order valence-corrected chi connectivity index (χ0v) is 12.9. The van der Waals surface area contributed by atoms with Gasteiger partial charge in [0.1, 0.15) is 4.34 Å². The topological polar surface area (TPSA) is 68.0 Å². The second-order valence-corrected chi connectivity index (χ2v) is 7.45. The van der Waals surface area contributed by atoms with Crippen LogP contribution in [0, 0.1) is 0 Å². The minimum atomic E-state index is -0.511. The first-order valence-corrected chi connectivity index (χ1v) is 8.53. The first kappa shape index (κ1) is 14.8. The summed E-state index contributed by atoms with van der Waals surface area (Å²) in [5.74, 6) is -0.203. The summed E-state index contributed by atoms with van der Waals surface area (Å²) in [7, 11) is 0. The van der Waals surface area contributed by atoms with Crippen LogP contribution in [0.4, 0.5) is 0 Å². The Morgan fingerprint density at radius 1 is 1.74 bits per heavy atom. The van der Waals surface area contributed by atoms with Crippen molar-refractivity contribution in [1.29, 1.82) is 0 Å². The third kappa shape index (κ3) is 3.70. The van der Waals surface area contributed by atoms with Crippen LogP contribution in [-0.2, 0) is 4.79 Å². The Balaban J connectivity index is 2.02. The van der Waals surface area contributed by atoms with Crippen molar-refractivity contribution >= 4 is 29.0 Å². The van der Waals surface area contributed by atoms with Gasteiger partial charge in [0.15, 0.2) is 0 Å². The number of carbonyl (C=O) groups is 1. The molecule has 1 aliphatic carbocycles. The molecule has 0 spiro atoms. The second-order valence-electron chi connectivity index (χ2n) is 5.01. The molecule has 19 heavy (non-hydrogen) atoms. The minimum absolute atomic E-state index is 0.203. The molecule has 0 radical (unpaired) electrons. The summed E-state index contributed by atoms with van der Waals surface area (Å²) in [4.78, 5) is 16.2. The summed E-state index contributed by atoms with van der Waals surface area (Å²) in [6, 6.07) is 0. The molecule has 1 aromatic heterocycles. The van der Waals surface area contributed by atoms with Crippen molar-refractivity contribution in [3.63, 3.8) is 0 Å². The number of nitrogens with two attached hydrogens (primary N) is 1. The van der Waals surface area contributed by atoms with E-state index in [-0.39, 0.29) is 5.91 Å². The number of carbonyl (C=O) groups excluding carboxylic acids is 1. The Kier molecular flexibility index (Phi) is 5.24. The van der Waals surface area contributed by atoms with Crippen LogP contribution < -0.4 is 11.1 Å². The molecule has 0 aromatic carbocycles. The van der Waals surface area contributed by atoms with E-state index in [9.17, 15) is 4.79 Å². The number of nitrogens with one attached hydrogen (secondary N) is 1. The van der Waals surface area contributed by atoms with Crippen molar-refractivity contribution in [2.45, 2.75) is 54.2 Å². The van der Waals surface area contributed by atoms with Crippen LogP contribution in [0.25, 0.3) is 0 Å². The molecule has 3 N–H and O–H groups in total. The van der Waals surface area contributed by atoms with Crippen molar-refractivity contribution in [1.82, 2.24) is 10.3 Å². The van der Waals surface area contributed by atoms with Crippen LogP contribution >= 0.6 is 23.1 Å². The van der Waals surface area contributed by atoms with Gasteiger partial charge in [0.05, 0.1) is 5.54 Å². The molecule has 4 nitrogen and oxygen atoms in total. The summed E-state index contributed by atoms with van der Waals surface area (Å²) in [6.07, 6.45) is 6.69. The molecule has 0 saturated heterocycles. The van der Waals surface area contributed by atoms with Gasteiger partial charge in [-0.25, -0.2) is 4.98 Å². The van der Waals surface area contributed by atoms with Gasteiger partial charge >= 0.3 is 0 Å². The highest BCUT2D eigenvalue weighted by Gasteiger charge is 2.41. The summed E-state index contributed by atoms with van der Waals surface area (Å²) in [6.45, 7) is 2.95. The van der Waals surface area contributed by atoms with E-state index in [0.717, 1.165) is 43.0 Å². The van der Waals surface area contributed by atoms with Gasteiger partial charge in [-0.2, -0.15) is 0 Å². The zero-order valence-electron chi connectivity index (χ0n) is 11.2. The Morgan fingerprint density at radius 2 is 2.58 bits per heavy atom. The highest BCUT2D eigenvalue weighted by atomic mass is 32.2. The molecule has 1 amide bonds. The van der Waals surface area contributed by atoms with Crippen molar-refractivity contribution in [2.24, 2.45) is 5.73 Å². The molecule has 1 fully saturated rings. The van der Waals surface area contributed by atoms with E-state index in [1.54, 1.807) is 23.1 Å². The lowest BCUT2D eigenvalue weighted by Crippen LogP contribution is -2.58. The third-order valence-electron chi connectivity index (χ3n) is 3.57. The first-order chi connectivity index (χ1) is 9.16. The fourth-order valence-electron chi connectivity index (χ4n) is 2.57. The van der Waals surface area contributed by atoms with Crippen LogP contribution in [0.3, 0.4) is 0 Å². The molecular formula is C13H21N3OS2. The van der Waals surface area contributed by atoms with E-state index < -0.39 is 5.54 Å². The van der Waals surface area contributed by atoms with Gasteiger partial charge < -0.3 is 11.1 Å². The smallest absolute Gasteiger partial charge is 0.237 e. The van der Waals surface area contributed by atoms with Gasteiger partial charge in [0.2, 0.25) is 5.91 Å². The number of primary amides is 1. The average Bonchev–Trinajstić information content (AvgIpc) is 2.89. The lowest BCUT2D eigenvalue weighted by Gasteiger charge is -2.38. The average molecular weight is 299 g/mol. The molecule has 2 unspecified atom stereocenters. The van der Waals surface area contributed by atoms with E-state index in [1.807, 2.05) is 11.6 Å². The van der Waals surface area contributed by atoms with Crippen molar-refractivity contribution in [3.8, 4) is 0 Å². The number of amides is 1. The van der Waals surface area contributed by atoms with Gasteiger partial charge in [0, 0.05) is 16.8 Å². The fourth-order valence-corrected chi connectivity index (χ4v) is 4.79. The number of hydrogen-bond acceptors (Lipinski definition) is 5. The summed E-state index contributed by atoms with van der Waals surface area (Å²) in [5, 5.41) is 5.80. The van der Waals surface area contributed by atoms with Crippen LogP contribution in [-0.4, -0.2) is 28.2 Å². The SMILES string of the molecule is CCCNC1(C(N)=O)CCCC(Sc2nccs2)C1. The summed E-state index contributed by atoms with van der Waals surface area (Å²) in [5.41, 5.74) is 5.14.